The third-order valence-electron chi connectivity index (χ3n) is 6.49. The van der Waals surface area contributed by atoms with Gasteiger partial charge in [-0.15, -0.1) is 0 Å². The number of aliphatic hydroxyl groups is 1. The van der Waals surface area contributed by atoms with Gasteiger partial charge in [-0.05, 0) is 73.4 Å². The van der Waals surface area contributed by atoms with E-state index in [-0.39, 0.29) is 11.9 Å². The number of hydrogen-bond donors (Lipinski definition) is 3. The number of carbonyl (C=O) groups excluding carboxylic acids is 1. The number of nitrogens with one attached hydrogen (secondary N) is 2. The van der Waals surface area contributed by atoms with Crippen LogP contribution in [0.4, 0.5) is 0 Å². The van der Waals surface area contributed by atoms with E-state index >= 15 is 0 Å². The molecule has 5 rings (SSSR count). The number of nitrogens with zero attached hydrogens (tertiary/aromatic N) is 1. The molecule has 5 nitrogen and oxygen atoms in total. The lowest BCUT2D eigenvalue weighted by molar-refractivity contribution is 0.0357. The van der Waals surface area contributed by atoms with E-state index in [0.29, 0.717) is 40.3 Å². The van der Waals surface area contributed by atoms with Gasteiger partial charge in [0.25, 0.3) is 5.91 Å². The Kier molecular flexibility index (Phi) is 4.57. The normalized spacial score (nSPS) is 28.6. The van der Waals surface area contributed by atoms with E-state index in [9.17, 15) is 9.90 Å². The van der Waals surface area contributed by atoms with Crippen LogP contribution in [-0.2, 0) is 5.60 Å². The molecule has 7 heteroatoms. The molecule has 4 atom stereocenters. The summed E-state index contributed by atoms with van der Waals surface area (Å²) < 4.78 is 0. The maximum atomic E-state index is 12.5. The summed E-state index contributed by atoms with van der Waals surface area (Å²) in [5.41, 5.74) is 1.35. The number of amides is 1. The van der Waals surface area contributed by atoms with Crippen molar-refractivity contribution in [2.45, 2.75) is 37.3 Å². The molecule has 2 saturated carbocycles. The van der Waals surface area contributed by atoms with Crippen LogP contribution in [0.3, 0.4) is 0 Å². The van der Waals surface area contributed by atoms with Crippen LogP contribution in [0.25, 0.3) is 10.9 Å². The Morgan fingerprint density at radius 3 is 2.62 bits per heavy atom. The van der Waals surface area contributed by atoms with Crippen molar-refractivity contribution in [1.82, 2.24) is 15.5 Å². The smallest absolute Gasteiger partial charge is 0.251 e. The van der Waals surface area contributed by atoms with Gasteiger partial charge in [-0.25, -0.2) is 0 Å². The van der Waals surface area contributed by atoms with Crippen LogP contribution in [0.5, 0.6) is 0 Å². The molecule has 1 heterocycles. The monoisotopic (exact) mass is 429 g/mol. The summed E-state index contributed by atoms with van der Waals surface area (Å²) in [4.78, 5) is 12.5. The summed E-state index contributed by atoms with van der Waals surface area (Å²) in [6.07, 6.45) is 4.83. The Morgan fingerprint density at radius 2 is 1.90 bits per heavy atom. The van der Waals surface area contributed by atoms with Crippen molar-refractivity contribution in [2.75, 3.05) is 0 Å². The molecular formula is C22H21Cl2N3O2. The van der Waals surface area contributed by atoms with E-state index in [1.54, 1.807) is 30.5 Å². The first-order chi connectivity index (χ1) is 13.9. The lowest BCUT2D eigenvalue weighted by Crippen LogP contribution is -2.34. The van der Waals surface area contributed by atoms with Gasteiger partial charge in [0, 0.05) is 27.0 Å². The molecule has 1 unspecified atom stereocenters. The minimum atomic E-state index is -0.912. The molecule has 3 N–H and O–H groups in total. The molecule has 150 valence electrons. The summed E-state index contributed by atoms with van der Waals surface area (Å²) in [6, 6.07) is 10.8. The Morgan fingerprint density at radius 1 is 1.14 bits per heavy atom. The molecule has 0 bridgehead atoms. The first-order valence-electron chi connectivity index (χ1n) is 9.83. The molecule has 1 amide bonds. The zero-order valence-corrected chi connectivity index (χ0v) is 17.2. The quantitative estimate of drug-likeness (QED) is 0.565. The largest absolute Gasteiger partial charge is 0.385 e. The van der Waals surface area contributed by atoms with Crippen LogP contribution in [0.15, 0.2) is 42.6 Å². The predicted molar refractivity (Wildman–Crippen MR) is 113 cm³/mol. The number of aromatic amines is 1. The highest BCUT2D eigenvalue weighted by atomic mass is 35.5. The molecule has 1 aromatic heterocycles. The molecule has 0 radical (unpaired) electrons. The molecule has 29 heavy (non-hydrogen) atoms. The van der Waals surface area contributed by atoms with Gasteiger partial charge in [0.1, 0.15) is 0 Å². The molecule has 2 aliphatic rings. The number of carbonyl (C=O) groups is 1. The van der Waals surface area contributed by atoms with Gasteiger partial charge < -0.3 is 10.4 Å². The first-order valence-corrected chi connectivity index (χ1v) is 10.6. The van der Waals surface area contributed by atoms with Crippen molar-refractivity contribution >= 4 is 40.0 Å². The lowest BCUT2D eigenvalue weighted by atomic mass is 9.87. The van der Waals surface area contributed by atoms with Gasteiger partial charge in [0.05, 0.1) is 17.3 Å². The van der Waals surface area contributed by atoms with E-state index in [2.05, 4.69) is 15.5 Å². The summed E-state index contributed by atoms with van der Waals surface area (Å²) in [6.45, 7) is 0. The molecule has 0 saturated heterocycles. The average molecular weight is 430 g/mol. The van der Waals surface area contributed by atoms with E-state index in [4.69, 9.17) is 23.2 Å². The van der Waals surface area contributed by atoms with Crippen molar-refractivity contribution in [3.8, 4) is 0 Å². The third kappa shape index (κ3) is 3.41. The van der Waals surface area contributed by atoms with Crippen molar-refractivity contribution in [3.05, 3.63) is 63.8 Å². The third-order valence-corrected chi connectivity index (χ3v) is 6.94. The number of aromatic nitrogens is 2. The van der Waals surface area contributed by atoms with Crippen LogP contribution in [-0.4, -0.2) is 27.3 Å². The Hall–Kier alpha value is -2.08. The lowest BCUT2D eigenvalue weighted by Gasteiger charge is -2.26. The van der Waals surface area contributed by atoms with E-state index in [1.807, 2.05) is 12.1 Å². The molecular weight excluding hydrogens is 409 g/mol. The highest BCUT2D eigenvalue weighted by Crippen LogP contribution is 2.54. The second kappa shape index (κ2) is 7.01. The minimum Gasteiger partial charge on any atom is -0.385 e. The number of benzene rings is 2. The number of H-pyrrole nitrogens is 1. The highest BCUT2D eigenvalue weighted by molar-refractivity contribution is 6.31. The first kappa shape index (κ1) is 18.9. The average Bonchev–Trinajstić information content (AvgIpc) is 3.34. The molecule has 3 aromatic rings. The van der Waals surface area contributed by atoms with Crippen LogP contribution in [0.1, 0.15) is 41.6 Å². The van der Waals surface area contributed by atoms with Crippen LogP contribution >= 0.6 is 23.2 Å². The van der Waals surface area contributed by atoms with Crippen LogP contribution in [0.2, 0.25) is 10.0 Å². The summed E-state index contributed by atoms with van der Waals surface area (Å²) in [7, 11) is 0. The van der Waals surface area contributed by atoms with Gasteiger partial charge in [-0.2, -0.15) is 5.10 Å². The zero-order valence-electron chi connectivity index (χ0n) is 15.7. The molecule has 0 spiro atoms. The zero-order chi connectivity index (χ0) is 20.2. The number of rotatable bonds is 3. The van der Waals surface area contributed by atoms with Crippen LogP contribution in [0, 0.1) is 11.8 Å². The fourth-order valence-corrected chi connectivity index (χ4v) is 5.71. The number of halogens is 2. The van der Waals surface area contributed by atoms with Gasteiger partial charge in [-0.1, -0.05) is 29.3 Å². The SMILES string of the molecule is O=C(NC1C[C@@H]2C[C@@](O)(c3cc(Cl)cc4[nH]ncc34)C[C@@H]2C1)c1cccc(Cl)c1. The van der Waals surface area contributed by atoms with Crippen molar-refractivity contribution in [3.63, 3.8) is 0 Å². The van der Waals surface area contributed by atoms with Crippen LogP contribution < -0.4 is 5.32 Å². The molecule has 0 aliphatic heterocycles. The molecule has 2 aliphatic carbocycles. The van der Waals surface area contributed by atoms with Gasteiger partial charge in [0.2, 0.25) is 0 Å². The highest BCUT2D eigenvalue weighted by Gasteiger charge is 2.50. The summed E-state index contributed by atoms with van der Waals surface area (Å²) in [5.74, 6) is 0.638. The van der Waals surface area contributed by atoms with E-state index in [0.717, 1.165) is 29.3 Å². The van der Waals surface area contributed by atoms with Crippen molar-refractivity contribution < 1.29 is 9.90 Å². The topological polar surface area (TPSA) is 78.0 Å². The number of fused-ring (bicyclic) bond motifs is 2. The molecule has 2 fully saturated rings. The van der Waals surface area contributed by atoms with E-state index < -0.39 is 5.60 Å². The van der Waals surface area contributed by atoms with Gasteiger partial charge in [-0.3, -0.25) is 9.89 Å². The summed E-state index contributed by atoms with van der Waals surface area (Å²) >= 11 is 12.3. The second-order valence-corrected chi connectivity index (χ2v) is 9.27. The van der Waals surface area contributed by atoms with E-state index in [1.165, 1.54) is 0 Å². The predicted octanol–water partition coefficient (Wildman–Crippen LogP) is 4.68. The maximum Gasteiger partial charge on any atom is 0.251 e. The fourth-order valence-electron chi connectivity index (χ4n) is 5.30. The Labute approximate surface area is 178 Å². The van der Waals surface area contributed by atoms with Crippen molar-refractivity contribution in [2.24, 2.45) is 11.8 Å². The number of hydrogen-bond acceptors (Lipinski definition) is 3. The molecule has 2 aromatic carbocycles. The Bertz CT molecular complexity index is 1080. The minimum absolute atomic E-state index is 0.0947. The fraction of sp³-hybridized carbons (Fsp3) is 0.364. The van der Waals surface area contributed by atoms with Gasteiger partial charge >= 0.3 is 0 Å². The summed E-state index contributed by atoms with van der Waals surface area (Å²) in [5, 5.41) is 23.7. The maximum absolute atomic E-state index is 12.5. The van der Waals surface area contributed by atoms with Crippen molar-refractivity contribution in [1.29, 1.82) is 0 Å². The van der Waals surface area contributed by atoms with Gasteiger partial charge in [0.15, 0.2) is 0 Å². The Balaban J connectivity index is 1.30. The second-order valence-electron chi connectivity index (χ2n) is 8.40. The standard InChI is InChI=1S/C22H21Cl2N3O2/c23-15-3-1-2-12(4-15)21(28)26-17-5-13-9-22(29,10-14(13)6-17)19-7-16(24)8-20-18(19)11-25-27-20/h1-4,7-8,11,13-14,17,29H,5-6,9-10H2,(H,25,27)(H,26,28)/t13-,14+,17?,22+.